The number of rotatable bonds is 2. The van der Waals surface area contributed by atoms with Gasteiger partial charge in [0, 0.05) is 5.69 Å². The molecule has 0 aliphatic rings. The Morgan fingerprint density at radius 1 is 1.12 bits per heavy atom. The molecule has 0 amide bonds. The molecule has 3 nitrogen and oxygen atoms in total. The van der Waals surface area contributed by atoms with Crippen LogP contribution in [0.2, 0.25) is 0 Å². The molecule has 0 atom stereocenters. The summed E-state index contributed by atoms with van der Waals surface area (Å²) in [6.07, 6.45) is 0. The zero-order chi connectivity index (χ0) is 12.4. The van der Waals surface area contributed by atoms with Crippen LogP contribution in [0.5, 0.6) is 0 Å². The quantitative estimate of drug-likeness (QED) is 0.775. The van der Waals surface area contributed by atoms with Crippen LogP contribution in [0.4, 0.5) is 5.69 Å². The summed E-state index contributed by atoms with van der Waals surface area (Å²) in [7, 11) is 0. The lowest BCUT2D eigenvalue weighted by Crippen LogP contribution is -1.96. The fourth-order valence-corrected chi connectivity index (χ4v) is 1.76. The lowest BCUT2D eigenvalue weighted by molar-refractivity contribution is 0.0697. The minimum atomic E-state index is -0.916. The predicted octanol–water partition coefficient (Wildman–Crippen LogP) is 2.94. The summed E-state index contributed by atoms with van der Waals surface area (Å²) >= 11 is 0. The van der Waals surface area contributed by atoms with Gasteiger partial charge in [-0.1, -0.05) is 24.3 Å². The molecule has 3 heteroatoms. The van der Waals surface area contributed by atoms with Crippen LogP contribution in [0.1, 0.15) is 15.9 Å². The number of carboxylic acid groups (broad SMARTS) is 1. The molecule has 0 bridgehead atoms. The van der Waals surface area contributed by atoms with Gasteiger partial charge in [0.05, 0.1) is 5.56 Å². The highest BCUT2D eigenvalue weighted by Crippen LogP contribution is 2.27. The topological polar surface area (TPSA) is 63.3 Å². The van der Waals surface area contributed by atoms with Crippen molar-refractivity contribution in [1.82, 2.24) is 0 Å². The summed E-state index contributed by atoms with van der Waals surface area (Å²) in [4.78, 5) is 10.7. The fourth-order valence-electron chi connectivity index (χ4n) is 1.76. The Balaban J connectivity index is 2.47. The highest BCUT2D eigenvalue weighted by Gasteiger charge is 2.06. The predicted molar refractivity (Wildman–Crippen MR) is 68.0 cm³/mol. The van der Waals surface area contributed by atoms with E-state index in [0.717, 1.165) is 22.4 Å². The van der Waals surface area contributed by atoms with Crippen LogP contribution in [-0.2, 0) is 0 Å². The monoisotopic (exact) mass is 227 g/mol. The molecule has 86 valence electrons. The van der Waals surface area contributed by atoms with E-state index in [4.69, 9.17) is 10.8 Å². The van der Waals surface area contributed by atoms with Gasteiger partial charge < -0.3 is 10.8 Å². The molecule has 0 aliphatic carbocycles. The highest BCUT2D eigenvalue weighted by molar-refractivity contribution is 5.88. The number of carboxylic acids is 1. The van der Waals surface area contributed by atoms with Crippen LogP contribution < -0.4 is 5.73 Å². The normalized spacial score (nSPS) is 10.2. The molecule has 17 heavy (non-hydrogen) atoms. The van der Waals surface area contributed by atoms with Gasteiger partial charge in [-0.3, -0.25) is 0 Å². The van der Waals surface area contributed by atoms with Gasteiger partial charge in [0.1, 0.15) is 0 Å². The maximum atomic E-state index is 10.7. The number of carbonyl (C=O) groups is 1. The van der Waals surface area contributed by atoms with Crippen molar-refractivity contribution in [3.05, 3.63) is 53.6 Å². The molecule has 2 aromatic rings. The first-order valence-electron chi connectivity index (χ1n) is 5.28. The second-order valence-electron chi connectivity index (χ2n) is 3.90. The Labute approximate surface area is 99.5 Å². The number of nitrogen functional groups attached to an aromatic ring is 1. The standard InChI is InChI=1S/C14H13NO2/c1-9-12(3-2-4-13(9)15)10-5-7-11(8-6-10)14(16)17/h2-8H,15H2,1H3,(H,16,17). The molecule has 0 saturated carbocycles. The Morgan fingerprint density at radius 2 is 1.76 bits per heavy atom. The highest BCUT2D eigenvalue weighted by atomic mass is 16.4. The average molecular weight is 227 g/mol. The Bertz CT molecular complexity index is 559. The molecule has 0 unspecified atom stereocenters. The van der Waals surface area contributed by atoms with Gasteiger partial charge in [-0.15, -0.1) is 0 Å². The molecule has 0 radical (unpaired) electrons. The third-order valence-corrected chi connectivity index (χ3v) is 2.82. The largest absolute Gasteiger partial charge is 0.478 e. The molecule has 3 N–H and O–H groups in total. The summed E-state index contributed by atoms with van der Waals surface area (Å²) < 4.78 is 0. The van der Waals surface area contributed by atoms with Gasteiger partial charge in [-0.25, -0.2) is 4.79 Å². The van der Waals surface area contributed by atoms with Crippen LogP contribution in [0.3, 0.4) is 0 Å². The first-order valence-corrected chi connectivity index (χ1v) is 5.28. The van der Waals surface area contributed by atoms with Gasteiger partial charge in [-0.2, -0.15) is 0 Å². The van der Waals surface area contributed by atoms with E-state index in [1.165, 1.54) is 0 Å². The van der Waals surface area contributed by atoms with Gasteiger partial charge >= 0.3 is 5.97 Å². The molecule has 0 aromatic heterocycles. The van der Waals surface area contributed by atoms with Gasteiger partial charge in [0.2, 0.25) is 0 Å². The maximum Gasteiger partial charge on any atom is 0.335 e. The van der Waals surface area contributed by atoms with E-state index >= 15 is 0 Å². The number of anilines is 1. The van der Waals surface area contributed by atoms with Crippen molar-refractivity contribution < 1.29 is 9.90 Å². The molecular weight excluding hydrogens is 214 g/mol. The summed E-state index contributed by atoms with van der Waals surface area (Å²) in [5, 5.41) is 8.82. The van der Waals surface area contributed by atoms with E-state index in [9.17, 15) is 4.79 Å². The molecule has 0 saturated heterocycles. The van der Waals surface area contributed by atoms with Crippen molar-refractivity contribution in [1.29, 1.82) is 0 Å². The molecule has 2 aromatic carbocycles. The van der Waals surface area contributed by atoms with E-state index < -0.39 is 5.97 Å². The van der Waals surface area contributed by atoms with Crippen molar-refractivity contribution in [3.8, 4) is 11.1 Å². The van der Waals surface area contributed by atoms with E-state index in [0.29, 0.717) is 0 Å². The average Bonchev–Trinajstić information content (AvgIpc) is 2.33. The summed E-state index contributed by atoms with van der Waals surface area (Å²) in [5.41, 5.74) is 9.88. The number of nitrogens with two attached hydrogens (primary N) is 1. The summed E-state index contributed by atoms with van der Waals surface area (Å²) in [5.74, 6) is -0.916. The van der Waals surface area contributed by atoms with Crippen LogP contribution in [0.15, 0.2) is 42.5 Å². The first kappa shape index (κ1) is 11.2. The molecule has 2 rings (SSSR count). The van der Waals surface area contributed by atoms with Crippen LogP contribution >= 0.6 is 0 Å². The van der Waals surface area contributed by atoms with Crippen molar-refractivity contribution in [3.63, 3.8) is 0 Å². The van der Waals surface area contributed by atoms with Crippen LogP contribution in [0, 0.1) is 6.92 Å². The van der Waals surface area contributed by atoms with E-state index in [1.54, 1.807) is 24.3 Å². The van der Waals surface area contributed by atoms with Crippen molar-refractivity contribution in [2.45, 2.75) is 6.92 Å². The Kier molecular flexibility index (Phi) is 2.83. The second-order valence-corrected chi connectivity index (χ2v) is 3.90. The third kappa shape index (κ3) is 2.13. The number of hydrogen-bond donors (Lipinski definition) is 2. The van der Waals surface area contributed by atoms with Gasteiger partial charge in [0.15, 0.2) is 0 Å². The van der Waals surface area contributed by atoms with E-state index in [-0.39, 0.29) is 5.56 Å². The number of aromatic carboxylic acids is 1. The molecule has 0 spiro atoms. The summed E-state index contributed by atoms with van der Waals surface area (Å²) in [6, 6.07) is 12.5. The SMILES string of the molecule is Cc1c(N)cccc1-c1ccc(C(=O)O)cc1. The van der Waals surface area contributed by atoms with Crippen LogP contribution in [-0.4, -0.2) is 11.1 Å². The van der Waals surface area contributed by atoms with E-state index in [2.05, 4.69) is 0 Å². The smallest absolute Gasteiger partial charge is 0.335 e. The maximum absolute atomic E-state index is 10.7. The fraction of sp³-hybridized carbons (Fsp3) is 0.0714. The zero-order valence-electron chi connectivity index (χ0n) is 9.47. The minimum Gasteiger partial charge on any atom is -0.478 e. The lowest BCUT2D eigenvalue weighted by atomic mass is 9.98. The van der Waals surface area contributed by atoms with Crippen molar-refractivity contribution >= 4 is 11.7 Å². The second kappa shape index (κ2) is 4.29. The molecule has 0 fully saturated rings. The lowest BCUT2D eigenvalue weighted by Gasteiger charge is -2.08. The van der Waals surface area contributed by atoms with Crippen molar-refractivity contribution in [2.24, 2.45) is 0 Å². The molecular formula is C14H13NO2. The van der Waals surface area contributed by atoms with E-state index in [1.807, 2.05) is 25.1 Å². The minimum absolute atomic E-state index is 0.287. The zero-order valence-corrected chi connectivity index (χ0v) is 9.47. The molecule has 0 heterocycles. The molecule has 0 aliphatic heterocycles. The Hall–Kier alpha value is -2.29. The summed E-state index contributed by atoms with van der Waals surface area (Å²) in [6.45, 7) is 1.95. The number of hydrogen-bond acceptors (Lipinski definition) is 2. The Morgan fingerprint density at radius 3 is 2.35 bits per heavy atom. The van der Waals surface area contributed by atoms with Gasteiger partial charge in [0.25, 0.3) is 0 Å². The van der Waals surface area contributed by atoms with Crippen molar-refractivity contribution in [2.75, 3.05) is 5.73 Å². The van der Waals surface area contributed by atoms with Crippen LogP contribution in [0.25, 0.3) is 11.1 Å². The third-order valence-electron chi connectivity index (χ3n) is 2.82. The van der Waals surface area contributed by atoms with Gasteiger partial charge in [-0.05, 0) is 41.8 Å². The first-order chi connectivity index (χ1) is 8.09. The number of benzene rings is 2.